The maximum absolute atomic E-state index is 9.39. The molecule has 0 unspecified atom stereocenters. The van der Waals surface area contributed by atoms with Gasteiger partial charge in [0, 0.05) is 55.7 Å². The fourth-order valence-electron chi connectivity index (χ4n) is 5.70. The van der Waals surface area contributed by atoms with E-state index in [1.165, 1.54) is 19.3 Å². The van der Waals surface area contributed by atoms with E-state index in [2.05, 4.69) is 49.3 Å². The Morgan fingerprint density at radius 2 is 1.51 bits per heavy atom. The number of hydrogen-bond acceptors (Lipinski definition) is 8. The lowest BCUT2D eigenvalue weighted by Gasteiger charge is -2.34. The van der Waals surface area contributed by atoms with Gasteiger partial charge in [0.25, 0.3) is 0 Å². The Kier molecular flexibility index (Phi) is 7.76. The summed E-state index contributed by atoms with van der Waals surface area (Å²) in [7, 11) is 0. The van der Waals surface area contributed by atoms with Gasteiger partial charge in [-0.3, -0.25) is 0 Å². The first-order chi connectivity index (χ1) is 18.2. The summed E-state index contributed by atoms with van der Waals surface area (Å²) in [6.07, 6.45) is 14.8. The van der Waals surface area contributed by atoms with Crippen molar-refractivity contribution in [3.63, 3.8) is 0 Å². The van der Waals surface area contributed by atoms with Gasteiger partial charge in [0.15, 0.2) is 0 Å². The molecule has 0 bridgehead atoms. The largest absolute Gasteiger partial charge is 0.396 e. The van der Waals surface area contributed by atoms with E-state index in [1.54, 1.807) is 11.3 Å². The lowest BCUT2D eigenvalue weighted by molar-refractivity contribution is -0.00106. The van der Waals surface area contributed by atoms with Crippen molar-refractivity contribution in [2.75, 3.05) is 31.2 Å². The molecule has 6 rings (SSSR count). The monoisotopic (exact) mass is 519 g/mol. The van der Waals surface area contributed by atoms with Crippen LogP contribution in [0.3, 0.4) is 0 Å². The van der Waals surface area contributed by atoms with Gasteiger partial charge in [-0.15, -0.1) is 10.2 Å². The molecule has 3 heterocycles. The molecule has 0 spiro atoms. The number of benzene rings is 1. The van der Waals surface area contributed by atoms with Gasteiger partial charge in [0.2, 0.25) is 5.95 Å². The van der Waals surface area contributed by atoms with E-state index >= 15 is 0 Å². The van der Waals surface area contributed by atoms with Crippen LogP contribution in [0.1, 0.15) is 68.7 Å². The van der Waals surface area contributed by atoms with Crippen molar-refractivity contribution in [2.24, 2.45) is 11.8 Å². The number of anilines is 1. The molecule has 7 nitrogen and oxygen atoms in total. The zero-order valence-electron chi connectivity index (χ0n) is 21.5. The number of piperidine rings is 1. The van der Waals surface area contributed by atoms with Crippen LogP contribution in [0.4, 0.5) is 5.95 Å². The van der Waals surface area contributed by atoms with Crippen LogP contribution in [0.15, 0.2) is 36.7 Å². The summed E-state index contributed by atoms with van der Waals surface area (Å²) in [6, 6.07) is 8.47. The number of aliphatic hydroxyl groups excluding tert-OH is 1. The Bertz CT molecular complexity index is 1130. The molecule has 0 atom stereocenters. The van der Waals surface area contributed by atoms with Crippen LogP contribution in [-0.4, -0.2) is 57.7 Å². The van der Waals surface area contributed by atoms with Crippen LogP contribution in [0.25, 0.3) is 21.7 Å². The van der Waals surface area contributed by atoms with Crippen molar-refractivity contribution >= 4 is 17.3 Å². The van der Waals surface area contributed by atoms with Crippen molar-refractivity contribution in [3.8, 4) is 21.7 Å². The third kappa shape index (κ3) is 5.86. The van der Waals surface area contributed by atoms with Crippen LogP contribution < -0.4 is 4.90 Å². The van der Waals surface area contributed by atoms with Gasteiger partial charge in [-0.25, -0.2) is 9.97 Å². The maximum Gasteiger partial charge on any atom is 0.225 e. The SMILES string of the molecule is OC[C@H]1CC[C@H](c2nnc(-c3ccc(-c4cnc(N5CCC(OCC6CCC6)CC5)nc4)cc3)s2)CC1. The van der Waals surface area contributed by atoms with Gasteiger partial charge < -0.3 is 14.7 Å². The Morgan fingerprint density at radius 3 is 2.16 bits per heavy atom. The van der Waals surface area contributed by atoms with Gasteiger partial charge in [-0.2, -0.15) is 0 Å². The number of ether oxygens (including phenoxy) is 1. The minimum absolute atomic E-state index is 0.308. The van der Waals surface area contributed by atoms with Crippen molar-refractivity contribution < 1.29 is 9.84 Å². The third-order valence-corrected chi connectivity index (χ3v) is 9.65. The second-order valence-corrected chi connectivity index (χ2v) is 12.0. The van der Waals surface area contributed by atoms with Crippen LogP contribution in [-0.2, 0) is 4.74 Å². The van der Waals surface area contributed by atoms with E-state index in [9.17, 15) is 5.11 Å². The molecule has 3 aromatic rings. The average molecular weight is 520 g/mol. The minimum atomic E-state index is 0.308. The topological polar surface area (TPSA) is 84.3 Å². The van der Waals surface area contributed by atoms with E-state index in [0.717, 1.165) is 96.8 Å². The third-order valence-electron chi connectivity index (χ3n) is 8.52. The molecule has 1 N–H and O–H groups in total. The smallest absolute Gasteiger partial charge is 0.225 e. The average Bonchev–Trinajstić information content (AvgIpc) is 3.43. The summed E-state index contributed by atoms with van der Waals surface area (Å²) in [5.74, 6) is 2.56. The number of hydrogen-bond donors (Lipinski definition) is 1. The Morgan fingerprint density at radius 1 is 0.811 bits per heavy atom. The summed E-state index contributed by atoms with van der Waals surface area (Å²) < 4.78 is 6.15. The van der Waals surface area contributed by atoms with Crippen LogP contribution in [0.2, 0.25) is 0 Å². The molecule has 3 fully saturated rings. The van der Waals surface area contributed by atoms with E-state index in [1.807, 2.05) is 12.4 Å². The number of nitrogens with zero attached hydrogens (tertiary/aromatic N) is 5. The zero-order valence-corrected chi connectivity index (χ0v) is 22.3. The van der Waals surface area contributed by atoms with Crippen molar-refractivity contribution in [3.05, 3.63) is 41.7 Å². The fraction of sp³-hybridized carbons (Fsp3) is 0.586. The molecule has 0 amide bonds. The quantitative estimate of drug-likeness (QED) is 0.408. The first-order valence-electron chi connectivity index (χ1n) is 14.0. The van der Waals surface area contributed by atoms with Crippen molar-refractivity contribution in [2.45, 2.75) is 69.8 Å². The molecule has 2 saturated carbocycles. The second-order valence-electron chi connectivity index (χ2n) is 11.0. The summed E-state index contributed by atoms with van der Waals surface area (Å²) in [5, 5.41) is 20.5. The van der Waals surface area contributed by atoms with Crippen LogP contribution >= 0.6 is 11.3 Å². The lowest BCUT2D eigenvalue weighted by Crippen LogP contribution is -2.38. The molecule has 2 aromatic heterocycles. The second kappa shape index (κ2) is 11.5. The first-order valence-corrected chi connectivity index (χ1v) is 14.8. The van der Waals surface area contributed by atoms with E-state index in [0.29, 0.717) is 24.5 Å². The van der Waals surface area contributed by atoms with Gasteiger partial charge >= 0.3 is 0 Å². The molecular formula is C29H37N5O2S. The van der Waals surface area contributed by atoms with Crippen LogP contribution in [0.5, 0.6) is 0 Å². The summed E-state index contributed by atoms with van der Waals surface area (Å²) in [4.78, 5) is 11.6. The number of aliphatic hydroxyl groups is 1. The first kappa shape index (κ1) is 24.9. The molecule has 1 aromatic carbocycles. The standard InChI is InChI=1S/C29H37N5O2S/c35-18-20-4-6-23(7-5-20)27-32-33-28(37-27)24-10-8-22(9-11-24)25-16-30-29(31-17-25)34-14-12-26(13-15-34)36-19-21-2-1-3-21/h8-11,16-17,20-21,23,26,35H,1-7,12-15,18-19H2/t20-,23-. The van der Waals surface area contributed by atoms with E-state index in [4.69, 9.17) is 4.74 Å². The molecule has 0 radical (unpaired) electrons. The molecule has 1 saturated heterocycles. The predicted octanol–water partition coefficient (Wildman–Crippen LogP) is 5.71. The molecule has 1 aliphatic heterocycles. The summed E-state index contributed by atoms with van der Waals surface area (Å²) in [6.45, 7) is 3.16. The van der Waals surface area contributed by atoms with Crippen molar-refractivity contribution in [1.82, 2.24) is 20.2 Å². The molecule has 8 heteroatoms. The van der Waals surface area contributed by atoms with Gasteiger partial charge in [-0.1, -0.05) is 42.0 Å². The number of rotatable bonds is 8. The fourth-order valence-corrected chi connectivity index (χ4v) is 6.72. The summed E-state index contributed by atoms with van der Waals surface area (Å²) >= 11 is 1.71. The lowest BCUT2D eigenvalue weighted by atomic mass is 9.83. The molecule has 37 heavy (non-hydrogen) atoms. The highest BCUT2D eigenvalue weighted by atomic mass is 32.1. The number of aromatic nitrogens is 4. The minimum Gasteiger partial charge on any atom is -0.396 e. The van der Waals surface area contributed by atoms with Gasteiger partial charge in [0.05, 0.1) is 6.10 Å². The molecule has 2 aliphatic carbocycles. The van der Waals surface area contributed by atoms with E-state index in [-0.39, 0.29) is 0 Å². The zero-order chi connectivity index (χ0) is 25.0. The van der Waals surface area contributed by atoms with Gasteiger partial charge in [-0.05, 0) is 68.8 Å². The highest BCUT2D eigenvalue weighted by Crippen LogP contribution is 2.38. The molecule has 3 aliphatic rings. The van der Waals surface area contributed by atoms with Crippen LogP contribution in [0, 0.1) is 11.8 Å². The highest BCUT2D eigenvalue weighted by molar-refractivity contribution is 7.14. The maximum atomic E-state index is 9.39. The van der Waals surface area contributed by atoms with Crippen molar-refractivity contribution in [1.29, 1.82) is 0 Å². The Hall–Kier alpha value is -2.42. The molecular weight excluding hydrogens is 482 g/mol. The van der Waals surface area contributed by atoms with E-state index < -0.39 is 0 Å². The normalized spacial score (nSPS) is 23.2. The molecule has 196 valence electrons. The Balaban J connectivity index is 1.03. The predicted molar refractivity (Wildman–Crippen MR) is 147 cm³/mol. The summed E-state index contributed by atoms with van der Waals surface area (Å²) in [5.41, 5.74) is 3.22. The Labute approximate surface area is 223 Å². The highest BCUT2D eigenvalue weighted by Gasteiger charge is 2.26. The van der Waals surface area contributed by atoms with Gasteiger partial charge in [0.1, 0.15) is 10.0 Å².